The van der Waals surface area contributed by atoms with E-state index >= 15 is 0 Å². The number of fused-ring (bicyclic) bond motifs is 1. The fourth-order valence-electron chi connectivity index (χ4n) is 2.38. The molecule has 3 nitrogen and oxygen atoms in total. The van der Waals surface area contributed by atoms with Crippen LogP contribution in [0.4, 0.5) is 0 Å². The van der Waals surface area contributed by atoms with Gasteiger partial charge in [0.2, 0.25) is 0 Å². The minimum absolute atomic E-state index is 0.483. The summed E-state index contributed by atoms with van der Waals surface area (Å²) in [5, 5.41) is 0. The second kappa shape index (κ2) is 4.91. The summed E-state index contributed by atoms with van der Waals surface area (Å²) in [6.45, 7) is 6.26. The summed E-state index contributed by atoms with van der Waals surface area (Å²) >= 11 is 5.85. The fourth-order valence-corrected chi connectivity index (χ4v) is 2.53. The number of aromatic nitrogens is 3. The maximum absolute atomic E-state index is 5.85. The molecule has 3 rings (SSSR count). The molecule has 1 aromatic carbocycles. The zero-order chi connectivity index (χ0) is 14.3. The van der Waals surface area contributed by atoms with Crippen molar-refractivity contribution in [3.05, 3.63) is 53.0 Å². The van der Waals surface area contributed by atoms with E-state index in [1.807, 2.05) is 24.0 Å². The molecule has 0 N–H and O–H groups in total. The molecular weight excluding hydrogens is 270 g/mol. The Bertz CT molecular complexity index is 790. The number of nitrogens with zero attached hydrogens (tertiary/aromatic N) is 3. The van der Waals surface area contributed by atoms with Gasteiger partial charge in [-0.2, -0.15) is 0 Å². The molecule has 4 heteroatoms. The van der Waals surface area contributed by atoms with Gasteiger partial charge in [-0.05, 0) is 61.2 Å². The first-order chi connectivity index (χ1) is 9.60. The van der Waals surface area contributed by atoms with Crippen molar-refractivity contribution in [2.45, 2.75) is 26.7 Å². The first-order valence-corrected chi connectivity index (χ1v) is 7.10. The third-order valence-corrected chi connectivity index (χ3v) is 3.96. The van der Waals surface area contributed by atoms with Crippen molar-refractivity contribution < 1.29 is 0 Å². The van der Waals surface area contributed by atoms with Gasteiger partial charge in [0.05, 0.1) is 11.0 Å². The number of rotatable bonds is 2. The summed E-state index contributed by atoms with van der Waals surface area (Å²) in [6, 6.07) is 6.35. The number of hydrogen-bond donors (Lipinski definition) is 0. The lowest BCUT2D eigenvalue weighted by Crippen LogP contribution is -2.00. The summed E-state index contributed by atoms with van der Waals surface area (Å²) in [5.74, 6) is 1.39. The highest BCUT2D eigenvalue weighted by molar-refractivity contribution is 6.17. The van der Waals surface area contributed by atoms with Crippen LogP contribution in [-0.2, 0) is 5.88 Å². The predicted molar refractivity (Wildman–Crippen MR) is 82.6 cm³/mol. The molecule has 0 fully saturated rings. The molecule has 2 heterocycles. The van der Waals surface area contributed by atoms with Gasteiger partial charge in [-0.3, -0.25) is 4.57 Å². The Balaban J connectivity index is 2.22. The lowest BCUT2D eigenvalue weighted by molar-refractivity contribution is 0.993. The average Bonchev–Trinajstić information content (AvgIpc) is 2.82. The van der Waals surface area contributed by atoms with Gasteiger partial charge < -0.3 is 0 Å². The summed E-state index contributed by atoms with van der Waals surface area (Å²) < 4.78 is 2.04. The molecule has 0 unspecified atom stereocenters. The molecule has 0 bridgehead atoms. The largest absolute Gasteiger partial charge is 0.283 e. The van der Waals surface area contributed by atoms with Gasteiger partial charge in [-0.25, -0.2) is 9.97 Å². The molecule has 2 aromatic heterocycles. The van der Waals surface area contributed by atoms with Crippen LogP contribution in [-0.4, -0.2) is 14.5 Å². The van der Waals surface area contributed by atoms with Crippen LogP contribution in [0.1, 0.15) is 22.3 Å². The lowest BCUT2D eigenvalue weighted by Gasteiger charge is -2.09. The van der Waals surface area contributed by atoms with E-state index in [9.17, 15) is 0 Å². The van der Waals surface area contributed by atoms with E-state index in [2.05, 4.69) is 42.0 Å². The van der Waals surface area contributed by atoms with Crippen molar-refractivity contribution in [3.63, 3.8) is 0 Å². The normalized spacial score (nSPS) is 11.2. The molecule has 0 saturated carbocycles. The van der Waals surface area contributed by atoms with Gasteiger partial charge in [0.1, 0.15) is 12.1 Å². The first-order valence-electron chi connectivity index (χ1n) is 6.56. The molecule has 0 aliphatic carbocycles. The van der Waals surface area contributed by atoms with Gasteiger partial charge in [-0.15, -0.1) is 11.6 Å². The van der Waals surface area contributed by atoms with E-state index < -0.39 is 0 Å². The summed E-state index contributed by atoms with van der Waals surface area (Å²) in [4.78, 5) is 9.01. The van der Waals surface area contributed by atoms with Gasteiger partial charge in [0, 0.05) is 12.1 Å². The highest BCUT2D eigenvalue weighted by atomic mass is 35.5. The average molecular weight is 286 g/mol. The maximum atomic E-state index is 5.85. The number of hydrogen-bond acceptors (Lipinski definition) is 2. The number of pyridine rings is 1. The molecule has 0 radical (unpaired) electrons. The van der Waals surface area contributed by atoms with Crippen LogP contribution in [0, 0.1) is 20.8 Å². The maximum Gasteiger partial charge on any atom is 0.141 e. The van der Waals surface area contributed by atoms with E-state index in [0.29, 0.717) is 5.88 Å². The molecular formula is C16H16ClN3. The number of alkyl halides is 1. The van der Waals surface area contributed by atoms with Crippen molar-refractivity contribution in [3.8, 4) is 5.82 Å². The van der Waals surface area contributed by atoms with Crippen molar-refractivity contribution in [1.29, 1.82) is 0 Å². The molecule has 0 aliphatic heterocycles. The van der Waals surface area contributed by atoms with Gasteiger partial charge in [-0.1, -0.05) is 0 Å². The highest BCUT2D eigenvalue weighted by Crippen LogP contribution is 2.23. The minimum atomic E-state index is 0.483. The molecule has 0 atom stereocenters. The van der Waals surface area contributed by atoms with Gasteiger partial charge in [0.15, 0.2) is 0 Å². The van der Waals surface area contributed by atoms with Crippen LogP contribution < -0.4 is 0 Å². The summed E-state index contributed by atoms with van der Waals surface area (Å²) in [7, 11) is 0. The monoisotopic (exact) mass is 285 g/mol. The summed E-state index contributed by atoms with van der Waals surface area (Å²) in [5.41, 5.74) is 6.72. The van der Waals surface area contributed by atoms with Crippen LogP contribution in [0.3, 0.4) is 0 Å². The number of benzene rings is 1. The minimum Gasteiger partial charge on any atom is -0.283 e. The second-order valence-electron chi connectivity index (χ2n) is 5.16. The third-order valence-electron chi connectivity index (χ3n) is 3.65. The third kappa shape index (κ3) is 2.08. The molecule has 0 spiro atoms. The van der Waals surface area contributed by atoms with Crippen LogP contribution in [0.15, 0.2) is 30.7 Å². The fraction of sp³-hybridized carbons (Fsp3) is 0.250. The molecule has 0 saturated heterocycles. The van der Waals surface area contributed by atoms with Crippen LogP contribution in [0.2, 0.25) is 0 Å². The Kier molecular flexibility index (Phi) is 3.22. The van der Waals surface area contributed by atoms with Crippen LogP contribution >= 0.6 is 11.6 Å². The molecule has 3 aromatic rings. The van der Waals surface area contributed by atoms with E-state index in [-0.39, 0.29) is 0 Å². The standard InChI is InChI=1S/C16H16ClN3/c1-10-5-14-15(6-11(10)2)20(9-19-14)16-12(3)4-13(7-17)8-18-16/h4-6,8-9H,7H2,1-3H3. The van der Waals surface area contributed by atoms with Gasteiger partial charge >= 0.3 is 0 Å². The Hall–Kier alpha value is -1.87. The number of aryl methyl sites for hydroxylation is 3. The number of halogens is 1. The van der Waals surface area contributed by atoms with Crippen molar-refractivity contribution in [2.24, 2.45) is 0 Å². The Morgan fingerprint density at radius 3 is 2.45 bits per heavy atom. The molecule has 0 aliphatic rings. The smallest absolute Gasteiger partial charge is 0.141 e. The van der Waals surface area contributed by atoms with Gasteiger partial charge in [0.25, 0.3) is 0 Å². The molecule has 20 heavy (non-hydrogen) atoms. The molecule has 102 valence electrons. The highest BCUT2D eigenvalue weighted by Gasteiger charge is 2.10. The Labute approximate surface area is 123 Å². The zero-order valence-corrected chi connectivity index (χ0v) is 12.6. The van der Waals surface area contributed by atoms with Crippen molar-refractivity contribution in [2.75, 3.05) is 0 Å². The SMILES string of the molecule is Cc1cc2ncn(-c3ncc(CCl)cc3C)c2cc1C. The number of imidazole rings is 1. The predicted octanol–water partition coefficient (Wildman–Crippen LogP) is 4.08. The first kappa shape index (κ1) is 13.1. The quantitative estimate of drug-likeness (QED) is 0.664. The van der Waals surface area contributed by atoms with Crippen molar-refractivity contribution in [1.82, 2.24) is 14.5 Å². The molecule has 0 amide bonds. The van der Waals surface area contributed by atoms with Crippen LogP contribution in [0.25, 0.3) is 16.9 Å². The van der Waals surface area contributed by atoms with E-state index in [1.54, 1.807) is 0 Å². The zero-order valence-electron chi connectivity index (χ0n) is 11.8. The second-order valence-corrected chi connectivity index (χ2v) is 5.42. The lowest BCUT2D eigenvalue weighted by atomic mass is 10.1. The van der Waals surface area contributed by atoms with Crippen molar-refractivity contribution >= 4 is 22.6 Å². The van der Waals surface area contributed by atoms with E-state index in [4.69, 9.17) is 11.6 Å². The topological polar surface area (TPSA) is 30.7 Å². The Morgan fingerprint density at radius 2 is 1.75 bits per heavy atom. The van der Waals surface area contributed by atoms with Crippen LogP contribution in [0.5, 0.6) is 0 Å². The summed E-state index contributed by atoms with van der Waals surface area (Å²) in [6.07, 6.45) is 3.65. The van der Waals surface area contributed by atoms with E-state index in [0.717, 1.165) is 28.0 Å². The van der Waals surface area contributed by atoms with E-state index in [1.165, 1.54) is 11.1 Å². The Morgan fingerprint density at radius 1 is 1.00 bits per heavy atom.